The Morgan fingerprint density at radius 2 is 1.18 bits per heavy atom. The van der Waals surface area contributed by atoms with Gasteiger partial charge in [-0.15, -0.1) is 23.5 Å². The molecule has 0 aromatic carbocycles. The van der Waals surface area contributed by atoms with Crippen LogP contribution in [0.2, 0.25) is 0 Å². The molecule has 4 nitrogen and oxygen atoms in total. The maximum absolute atomic E-state index is 2.44. The molecule has 0 amide bonds. The summed E-state index contributed by atoms with van der Waals surface area (Å²) in [5.41, 5.74) is 0. The van der Waals surface area contributed by atoms with Crippen molar-refractivity contribution in [3.05, 3.63) is 22.2 Å². The molecule has 120 valence electrons. The summed E-state index contributed by atoms with van der Waals surface area (Å²) in [4.78, 5) is 4.68. The molecule has 3 rings (SSSR count). The number of thioether (sulfide) groups is 2. The number of piperazine rings is 1. The summed E-state index contributed by atoms with van der Waals surface area (Å²) in [5.74, 6) is 2.44. The molecular weight excluding hydrogens is 312 g/mol. The Hall–Kier alpha value is -0.880. The predicted molar refractivity (Wildman–Crippen MR) is 98.5 cm³/mol. The van der Waals surface area contributed by atoms with Gasteiger partial charge in [-0.1, -0.05) is 0 Å². The lowest BCUT2D eigenvalue weighted by molar-refractivity contribution is -0.660. The molecule has 0 bridgehead atoms. The van der Waals surface area contributed by atoms with Crippen molar-refractivity contribution in [1.29, 1.82) is 0 Å². The van der Waals surface area contributed by atoms with Crippen LogP contribution in [-0.4, -0.2) is 96.2 Å². The molecule has 3 aliphatic rings. The van der Waals surface area contributed by atoms with Gasteiger partial charge in [-0.2, -0.15) is 0 Å². The van der Waals surface area contributed by atoms with Gasteiger partial charge in [0.05, 0.1) is 10.1 Å². The number of nitrogens with zero attached hydrogens (tertiary/aromatic N) is 4. The van der Waals surface area contributed by atoms with Gasteiger partial charge in [0.2, 0.25) is 26.2 Å². The largest absolute Gasteiger partial charge is 0.368 e. The molecule has 0 saturated carbocycles. The second kappa shape index (κ2) is 7.59. The summed E-state index contributed by atoms with van der Waals surface area (Å²) < 4.78 is 4.88. The van der Waals surface area contributed by atoms with E-state index in [0.717, 1.165) is 26.2 Å². The van der Waals surface area contributed by atoms with Crippen LogP contribution in [0.3, 0.4) is 0 Å². The van der Waals surface area contributed by atoms with Crippen LogP contribution in [0.25, 0.3) is 0 Å². The van der Waals surface area contributed by atoms with Gasteiger partial charge in [0, 0.05) is 50.8 Å². The summed E-state index contributed by atoms with van der Waals surface area (Å²) in [7, 11) is 4.36. The second-order valence-electron chi connectivity index (χ2n) is 5.92. The van der Waals surface area contributed by atoms with E-state index in [4.69, 9.17) is 0 Å². The monoisotopic (exact) mass is 338 g/mol. The Bertz CT molecular complexity index is 476. The molecule has 3 aliphatic heterocycles. The zero-order chi connectivity index (χ0) is 15.4. The van der Waals surface area contributed by atoms with Crippen molar-refractivity contribution < 1.29 is 9.15 Å². The lowest BCUT2D eigenvalue weighted by Gasteiger charge is -2.12. The molecule has 3 heterocycles. The molecule has 3 fully saturated rings. The minimum atomic E-state index is 1.11. The molecule has 3 saturated heterocycles. The summed E-state index contributed by atoms with van der Waals surface area (Å²) in [6, 6.07) is 0. The number of hydrogen-bond acceptors (Lipinski definition) is 4. The van der Waals surface area contributed by atoms with Crippen LogP contribution in [0.4, 0.5) is 0 Å². The quantitative estimate of drug-likeness (QED) is 0.701. The highest BCUT2D eigenvalue weighted by molar-refractivity contribution is 8.03. The Morgan fingerprint density at radius 3 is 1.50 bits per heavy atom. The van der Waals surface area contributed by atoms with E-state index in [0.29, 0.717) is 0 Å². The average molecular weight is 339 g/mol. The maximum atomic E-state index is 2.44. The molecule has 0 aromatic rings. The van der Waals surface area contributed by atoms with E-state index in [1.807, 2.05) is 23.5 Å². The van der Waals surface area contributed by atoms with E-state index >= 15 is 0 Å². The van der Waals surface area contributed by atoms with Gasteiger partial charge in [0.25, 0.3) is 0 Å². The fourth-order valence-corrected chi connectivity index (χ4v) is 4.83. The highest BCUT2D eigenvalue weighted by Gasteiger charge is 2.20. The van der Waals surface area contributed by atoms with Gasteiger partial charge in [-0.25, -0.2) is 9.15 Å². The van der Waals surface area contributed by atoms with E-state index in [9.17, 15) is 0 Å². The first-order valence-electron chi connectivity index (χ1n) is 7.99. The maximum Gasteiger partial charge on any atom is 0.201 e. The normalized spacial score (nSPS) is 26.5. The zero-order valence-electron chi connectivity index (χ0n) is 13.6. The first-order valence-corrected chi connectivity index (χ1v) is 9.96. The van der Waals surface area contributed by atoms with Crippen LogP contribution in [0.5, 0.6) is 0 Å². The van der Waals surface area contributed by atoms with Crippen LogP contribution < -0.4 is 0 Å². The van der Waals surface area contributed by atoms with Crippen molar-refractivity contribution in [2.45, 2.75) is 0 Å². The van der Waals surface area contributed by atoms with E-state index in [2.05, 4.69) is 57.6 Å². The number of allylic oxidation sites excluding steroid dienone is 2. The predicted octanol–water partition coefficient (Wildman–Crippen LogP) is 1.21. The third kappa shape index (κ3) is 4.10. The van der Waals surface area contributed by atoms with Crippen molar-refractivity contribution in [1.82, 2.24) is 9.80 Å². The standard InChI is InChI=1S/C16H26N4S2/c1-17-11-13-21-15(17)3-5-19-7-9-20(10-8-19)6-4-16-18(2)12-14-22-16/h3-6H,7-14H2,1-2H3/q+2. The van der Waals surface area contributed by atoms with Gasteiger partial charge >= 0.3 is 0 Å². The van der Waals surface area contributed by atoms with E-state index in [-0.39, 0.29) is 0 Å². The highest BCUT2D eigenvalue weighted by atomic mass is 32.2. The smallest absolute Gasteiger partial charge is 0.201 e. The Labute approximate surface area is 142 Å². The van der Waals surface area contributed by atoms with Crippen molar-refractivity contribution in [3.63, 3.8) is 0 Å². The first-order chi connectivity index (χ1) is 10.7. The molecule has 0 unspecified atom stereocenters. The Balaban J connectivity index is 1.54. The fraction of sp³-hybridized carbons (Fsp3) is 0.625. The zero-order valence-corrected chi connectivity index (χ0v) is 15.2. The number of rotatable bonds is 2. The van der Waals surface area contributed by atoms with Crippen molar-refractivity contribution in [2.24, 2.45) is 0 Å². The summed E-state index contributed by atoms with van der Waals surface area (Å²) in [6.07, 6.45) is 9.12. The SMILES string of the molecule is CN1CCSC1=CC=[N+]1CC[N+](=CC=C2SCCN2C)CC1. The molecular formula is C16H26N4S2+2. The number of hydrogen-bond donors (Lipinski definition) is 0. The molecule has 0 aromatic heterocycles. The van der Waals surface area contributed by atoms with Crippen LogP contribution in [-0.2, 0) is 0 Å². The molecule has 0 aliphatic carbocycles. The van der Waals surface area contributed by atoms with Crippen molar-refractivity contribution in [3.8, 4) is 0 Å². The molecule has 0 atom stereocenters. The second-order valence-corrected chi connectivity index (χ2v) is 8.15. The summed E-state index contributed by atoms with van der Waals surface area (Å²) in [6.45, 7) is 6.80. The molecule has 0 spiro atoms. The van der Waals surface area contributed by atoms with Gasteiger partial charge in [0.15, 0.2) is 12.4 Å². The Kier molecular flexibility index (Phi) is 5.52. The van der Waals surface area contributed by atoms with Crippen LogP contribution >= 0.6 is 23.5 Å². The topological polar surface area (TPSA) is 12.5 Å². The lowest BCUT2D eigenvalue weighted by Crippen LogP contribution is -2.37. The van der Waals surface area contributed by atoms with Gasteiger partial charge in [-0.3, -0.25) is 0 Å². The average Bonchev–Trinajstić information content (AvgIpc) is 3.12. The lowest BCUT2D eigenvalue weighted by atomic mass is 10.4. The van der Waals surface area contributed by atoms with Crippen molar-refractivity contribution >= 4 is 36.0 Å². The van der Waals surface area contributed by atoms with E-state index < -0.39 is 0 Å². The Morgan fingerprint density at radius 1 is 0.773 bits per heavy atom. The van der Waals surface area contributed by atoms with Crippen LogP contribution in [0.1, 0.15) is 0 Å². The van der Waals surface area contributed by atoms with E-state index in [1.54, 1.807) is 0 Å². The van der Waals surface area contributed by atoms with Crippen LogP contribution in [0, 0.1) is 0 Å². The summed E-state index contributed by atoms with van der Waals surface area (Å²) in [5, 5.41) is 2.81. The van der Waals surface area contributed by atoms with Gasteiger partial charge in [-0.05, 0) is 0 Å². The van der Waals surface area contributed by atoms with Gasteiger partial charge in [0.1, 0.15) is 0 Å². The van der Waals surface area contributed by atoms with Gasteiger partial charge < -0.3 is 9.80 Å². The van der Waals surface area contributed by atoms with Crippen molar-refractivity contribution in [2.75, 3.05) is 64.9 Å². The highest BCUT2D eigenvalue weighted by Crippen LogP contribution is 2.25. The molecule has 0 radical (unpaired) electrons. The first kappa shape index (κ1) is 16.0. The fourth-order valence-electron chi connectivity index (χ4n) is 2.74. The van der Waals surface area contributed by atoms with E-state index in [1.165, 1.54) is 34.7 Å². The molecule has 0 N–H and O–H groups in total. The minimum absolute atomic E-state index is 1.11. The summed E-state index contributed by atoms with van der Waals surface area (Å²) >= 11 is 3.92. The molecule has 22 heavy (non-hydrogen) atoms. The van der Waals surface area contributed by atoms with Crippen LogP contribution in [0.15, 0.2) is 22.2 Å². The molecule has 6 heteroatoms. The third-order valence-corrected chi connectivity index (χ3v) is 6.57. The third-order valence-electron chi connectivity index (χ3n) is 4.31. The minimum Gasteiger partial charge on any atom is -0.368 e.